The maximum Gasteiger partial charge on any atom is 0.241 e. The van der Waals surface area contributed by atoms with Gasteiger partial charge in [0.15, 0.2) is 0 Å². The summed E-state index contributed by atoms with van der Waals surface area (Å²) < 4.78 is 0. The van der Waals surface area contributed by atoms with Crippen molar-refractivity contribution in [2.24, 2.45) is 5.73 Å². The normalized spacial score (nSPS) is 22.1. The molecule has 2 rings (SSSR count). The minimum absolute atomic E-state index is 0.0563. The standard InChI is InChI=1S/C14H21N3O/c1-11-4-3-5-12(8-11)9-17-7-6-16(2)10-13(15)14(17)18/h3-5,8,13H,6-7,9-10,15H2,1-2H3/t13-/m1/s1. The summed E-state index contributed by atoms with van der Waals surface area (Å²) in [4.78, 5) is 16.1. The quantitative estimate of drug-likeness (QED) is 0.832. The average molecular weight is 247 g/mol. The number of hydrogen-bond donors (Lipinski definition) is 1. The number of benzene rings is 1. The molecule has 1 saturated heterocycles. The van der Waals surface area contributed by atoms with Gasteiger partial charge in [0.2, 0.25) is 5.91 Å². The van der Waals surface area contributed by atoms with E-state index in [1.807, 2.05) is 18.0 Å². The Bertz CT molecular complexity index is 433. The molecule has 1 aliphatic rings. The topological polar surface area (TPSA) is 49.6 Å². The molecule has 0 radical (unpaired) electrons. The molecule has 4 heteroatoms. The van der Waals surface area contributed by atoms with E-state index in [9.17, 15) is 4.79 Å². The van der Waals surface area contributed by atoms with Crippen molar-refractivity contribution in [1.29, 1.82) is 0 Å². The van der Waals surface area contributed by atoms with E-state index >= 15 is 0 Å². The number of nitrogens with two attached hydrogens (primary N) is 1. The summed E-state index contributed by atoms with van der Waals surface area (Å²) in [7, 11) is 2.00. The van der Waals surface area contributed by atoms with E-state index in [1.165, 1.54) is 11.1 Å². The van der Waals surface area contributed by atoms with Crippen molar-refractivity contribution in [3.05, 3.63) is 35.4 Å². The van der Waals surface area contributed by atoms with E-state index in [-0.39, 0.29) is 5.91 Å². The van der Waals surface area contributed by atoms with E-state index in [1.54, 1.807) is 0 Å². The number of hydrogen-bond acceptors (Lipinski definition) is 3. The molecule has 0 saturated carbocycles. The van der Waals surface area contributed by atoms with Gasteiger partial charge in [-0.05, 0) is 19.5 Å². The highest BCUT2D eigenvalue weighted by Crippen LogP contribution is 2.10. The highest BCUT2D eigenvalue weighted by Gasteiger charge is 2.25. The van der Waals surface area contributed by atoms with Crippen LogP contribution in [0, 0.1) is 6.92 Å². The van der Waals surface area contributed by atoms with Crippen LogP contribution in [0.3, 0.4) is 0 Å². The molecule has 2 N–H and O–H groups in total. The van der Waals surface area contributed by atoms with Crippen LogP contribution in [0.2, 0.25) is 0 Å². The molecule has 0 spiro atoms. The lowest BCUT2D eigenvalue weighted by atomic mass is 10.1. The fourth-order valence-corrected chi connectivity index (χ4v) is 2.33. The molecule has 1 amide bonds. The van der Waals surface area contributed by atoms with Gasteiger partial charge in [0, 0.05) is 26.2 Å². The van der Waals surface area contributed by atoms with Crippen LogP contribution in [0.4, 0.5) is 0 Å². The Hall–Kier alpha value is -1.39. The summed E-state index contributed by atoms with van der Waals surface area (Å²) in [5.74, 6) is 0.0563. The molecule has 0 aromatic heterocycles. The first kappa shape index (κ1) is 13.1. The molecule has 1 atom stereocenters. The van der Waals surface area contributed by atoms with Crippen molar-refractivity contribution in [3.63, 3.8) is 0 Å². The van der Waals surface area contributed by atoms with E-state index in [0.29, 0.717) is 13.1 Å². The van der Waals surface area contributed by atoms with Crippen molar-refractivity contribution < 1.29 is 4.79 Å². The smallest absolute Gasteiger partial charge is 0.241 e. The lowest BCUT2D eigenvalue weighted by Gasteiger charge is -2.22. The van der Waals surface area contributed by atoms with Gasteiger partial charge in [-0.15, -0.1) is 0 Å². The molecule has 1 heterocycles. The Kier molecular flexibility index (Phi) is 3.99. The van der Waals surface area contributed by atoms with Gasteiger partial charge in [-0.25, -0.2) is 0 Å². The molecule has 0 aliphatic carbocycles. The van der Waals surface area contributed by atoms with Gasteiger partial charge < -0.3 is 15.5 Å². The van der Waals surface area contributed by atoms with Crippen LogP contribution >= 0.6 is 0 Å². The minimum Gasteiger partial charge on any atom is -0.336 e. The molecule has 0 bridgehead atoms. The van der Waals surface area contributed by atoms with Crippen LogP contribution in [0.5, 0.6) is 0 Å². The van der Waals surface area contributed by atoms with Gasteiger partial charge in [-0.2, -0.15) is 0 Å². The molecule has 1 fully saturated rings. The number of carbonyl (C=O) groups excluding carboxylic acids is 1. The molecule has 98 valence electrons. The summed E-state index contributed by atoms with van der Waals surface area (Å²) in [6.45, 7) is 4.99. The first-order valence-electron chi connectivity index (χ1n) is 6.35. The number of nitrogens with zero attached hydrogens (tertiary/aromatic N) is 2. The van der Waals surface area contributed by atoms with Crippen molar-refractivity contribution in [1.82, 2.24) is 9.80 Å². The highest BCUT2D eigenvalue weighted by atomic mass is 16.2. The van der Waals surface area contributed by atoms with Gasteiger partial charge in [-0.1, -0.05) is 29.8 Å². The molecule has 4 nitrogen and oxygen atoms in total. The zero-order chi connectivity index (χ0) is 13.1. The number of rotatable bonds is 2. The largest absolute Gasteiger partial charge is 0.336 e. The van der Waals surface area contributed by atoms with Gasteiger partial charge in [0.25, 0.3) is 0 Å². The summed E-state index contributed by atoms with van der Waals surface area (Å²) in [5.41, 5.74) is 8.30. The molecule has 18 heavy (non-hydrogen) atoms. The monoisotopic (exact) mass is 247 g/mol. The SMILES string of the molecule is Cc1cccc(CN2CCN(C)C[C@@H](N)C2=O)c1. The minimum atomic E-state index is -0.401. The van der Waals surface area contributed by atoms with Crippen LogP contribution in [0.15, 0.2) is 24.3 Å². The predicted molar refractivity (Wildman–Crippen MR) is 72.1 cm³/mol. The van der Waals surface area contributed by atoms with Gasteiger partial charge in [0.05, 0.1) is 6.04 Å². The molecule has 0 unspecified atom stereocenters. The van der Waals surface area contributed by atoms with Crippen molar-refractivity contribution >= 4 is 5.91 Å². The van der Waals surface area contributed by atoms with Crippen molar-refractivity contribution in [3.8, 4) is 0 Å². The van der Waals surface area contributed by atoms with Gasteiger partial charge in [0.1, 0.15) is 0 Å². The van der Waals surface area contributed by atoms with E-state index in [0.717, 1.165) is 13.1 Å². The third-order valence-electron chi connectivity index (χ3n) is 3.34. The maximum atomic E-state index is 12.2. The summed E-state index contributed by atoms with van der Waals surface area (Å²) in [6.07, 6.45) is 0. The van der Waals surface area contributed by atoms with Gasteiger partial charge in [-0.3, -0.25) is 4.79 Å². The summed E-state index contributed by atoms with van der Waals surface area (Å²) >= 11 is 0. The third kappa shape index (κ3) is 3.09. The first-order chi connectivity index (χ1) is 8.56. The molecular formula is C14H21N3O. The second-order valence-corrected chi connectivity index (χ2v) is 5.12. The maximum absolute atomic E-state index is 12.2. The molecular weight excluding hydrogens is 226 g/mol. The third-order valence-corrected chi connectivity index (χ3v) is 3.34. The molecule has 1 aromatic carbocycles. The number of aryl methyl sites for hydroxylation is 1. The van der Waals surface area contributed by atoms with Crippen molar-refractivity contribution in [2.45, 2.75) is 19.5 Å². The van der Waals surface area contributed by atoms with Gasteiger partial charge >= 0.3 is 0 Å². The van der Waals surface area contributed by atoms with Crippen LogP contribution in [0.25, 0.3) is 0 Å². The predicted octanol–water partition coefficient (Wildman–Crippen LogP) is 0.596. The molecule has 1 aromatic rings. The highest BCUT2D eigenvalue weighted by molar-refractivity contribution is 5.82. The Labute approximate surface area is 108 Å². The van der Waals surface area contributed by atoms with Crippen LogP contribution in [-0.4, -0.2) is 48.4 Å². The fraction of sp³-hybridized carbons (Fsp3) is 0.500. The number of likely N-dealkylation sites (N-methyl/N-ethyl adjacent to an activating group) is 1. The zero-order valence-corrected chi connectivity index (χ0v) is 11.1. The first-order valence-corrected chi connectivity index (χ1v) is 6.35. The zero-order valence-electron chi connectivity index (χ0n) is 11.1. The van der Waals surface area contributed by atoms with Crippen LogP contribution in [0.1, 0.15) is 11.1 Å². The van der Waals surface area contributed by atoms with E-state index in [4.69, 9.17) is 5.73 Å². The summed E-state index contributed by atoms with van der Waals surface area (Å²) in [5, 5.41) is 0. The molecule has 1 aliphatic heterocycles. The van der Waals surface area contributed by atoms with E-state index in [2.05, 4.69) is 30.0 Å². The number of amides is 1. The Balaban J connectivity index is 2.10. The second-order valence-electron chi connectivity index (χ2n) is 5.12. The Morgan fingerprint density at radius 2 is 2.17 bits per heavy atom. The summed E-state index contributed by atoms with van der Waals surface area (Å²) in [6, 6.07) is 7.86. The van der Waals surface area contributed by atoms with Crippen LogP contribution in [-0.2, 0) is 11.3 Å². The lowest BCUT2D eigenvalue weighted by molar-refractivity contribution is -0.132. The Morgan fingerprint density at radius 1 is 1.39 bits per heavy atom. The van der Waals surface area contributed by atoms with E-state index < -0.39 is 6.04 Å². The Morgan fingerprint density at radius 3 is 2.89 bits per heavy atom. The fourth-order valence-electron chi connectivity index (χ4n) is 2.33. The lowest BCUT2D eigenvalue weighted by Crippen LogP contribution is -2.44. The van der Waals surface area contributed by atoms with Crippen LogP contribution < -0.4 is 5.73 Å². The van der Waals surface area contributed by atoms with Crippen molar-refractivity contribution in [2.75, 3.05) is 26.7 Å². The average Bonchev–Trinajstić information content (AvgIpc) is 2.43. The number of carbonyl (C=O) groups is 1. The second kappa shape index (κ2) is 5.50.